The second-order valence-electron chi connectivity index (χ2n) is 4.29. The van der Waals surface area contributed by atoms with E-state index >= 15 is 0 Å². The monoisotopic (exact) mass is 434 g/mol. The van der Waals surface area contributed by atoms with Crippen LogP contribution in [0.5, 0.6) is 5.75 Å². The van der Waals surface area contributed by atoms with E-state index in [1.165, 1.54) is 0 Å². The summed E-state index contributed by atoms with van der Waals surface area (Å²) < 4.78 is 9.78. The minimum absolute atomic E-state index is 0.566. The molecule has 114 valence electrons. The number of hydrogen-bond acceptors (Lipinski definition) is 4. The summed E-state index contributed by atoms with van der Waals surface area (Å²) >= 11 is 12.3. The van der Waals surface area contributed by atoms with Gasteiger partial charge in [0.1, 0.15) is 5.75 Å². The summed E-state index contributed by atoms with van der Waals surface area (Å²) in [6.45, 7) is 5.25. The van der Waals surface area contributed by atoms with Crippen molar-refractivity contribution in [2.24, 2.45) is 0 Å². The van der Waals surface area contributed by atoms with Gasteiger partial charge in [-0.2, -0.15) is 5.10 Å². The predicted molar refractivity (Wildman–Crippen MR) is 92.9 cm³/mol. The minimum Gasteiger partial charge on any atom is -0.492 e. The van der Waals surface area contributed by atoms with E-state index in [2.05, 4.69) is 47.5 Å². The zero-order chi connectivity index (χ0) is 15.4. The lowest BCUT2D eigenvalue weighted by Crippen LogP contribution is -2.17. The molecule has 1 aromatic heterocycles. The van der Waals surface area contributed by atoms with Gasteiger partial charge in [-0.3, -0.25) is 5.10 Å². The summed E-state index contributed by atoms with van der Waals surface area (Å²) in [6, 6.07) is 4.05. The van der Waals surface area contributed by atoms with Crippen LogP contribution in [-0.2, 0) is 13.0 Å². The largest absolute Gasteiger partial charge is 0.492 e. The maximum atomic E-state index is 5.58. The first kappa shape index (κ1) is 16.5. The van der Waals surface area contributed by atoms with Crippen LogP contribution in [0.4, 0.5) is 0 Å². The lowest BCUT2D eigenvalue weighted by molar-refractivity contribution is 0.336. The number of hydrogen-bond donors (Lipinski definition) is 2. The number of rotatable bonds is 6. The Hall–Kier alpha value is -0.860. The third kappa shape index (κ3) is 3.87. The van der Waals surface area contributed by atoms with Crippen LogP contribution >= 0.6 is 44.1 Å². The number of aromatic amines is 1. The first-order valence-electron chi connectivity index (χ1n) is 6.57. The molecule has 0 spiro atoms. The Balaban J connectivity index is 2.17. The Kier molecular flexibility index (Phi) is 5.83. The summed E-state index contributed by atoms with van der Waals surface area (Å²) in [6.07, 6.45) is 0.802. The highest BCUT2D eigenvalue weighted by Gasteiger charge is 2.09. The fourth-order valence-corrected chi connectivity index (χ4v) is 3.62. The molecule has 8 heteroatoms. The maximum Gasteiger partial charge on any atom is 0.214 e. The molecule has 0 aliphatic heterocycles. The van der Waals surface area contributed by atoms with Gasteiger partial charge in [0.15, 0.2) is 5.82 Å². The van der Waals surface area contributed by atoms with Crippen LogP contribution in [0.3, 0.4) is 0 Å². The van der Waals surface area contributed by atoms with Gasteiger partial charge in [-0.15, -0.1) is 0 Å². The average molecular weight is 436 g/mol. The highest BCUT2D eigenvalue weighted by Crippen LogP contribution is 2.34. The summed E-state index contributed by atoms with van der Waals surface area (Å²) in [5, 5.41) is 6.95. The molecule has 0 saturated carbocycles. The standard InChI is InChI=1S/C13H16Br2N4OS/c1-3-11-17-18-13(21)19(11)16-7-8-5-9(14)12(20-4-2)10(15)6-8/h5-6,16H,3-4,7H2,1-2H3,(H,18,21). The fraction of sp³-hybridized carbons (Fsp3) is 0.385. The minimum atomic E-state index is 0.566. The van der Waals surface area contributed by atoms with Gasteiger partial charge in [-0.25, -0.2) is 4.68 Å². The van der Waals surface area contributed by atoms with E-state index in [0.29, 0.717) is 17.9 Å². The van der Waals surface area contributed by atoms with Crippen molar-refractivity contribution >= 4 is 44.1 Å². The van der Waals surface area contributed by atoms with E-state index in [1.807, 2.05) is 26.0 Å². The molecule has 0 fully saturated rings. The Bertz CT molecular complexity index is 660. The van der Waals surface area contributed by atoms with Crippen LogP contribution < -0.4 is 10.2 Å². The number of nitrogens with one attached hydrogen (secondary N) is 2. The topological polar surface area (TPSA) is 54.9 Å². The smallest absolute Gasteiger partial charge is 0.214 e. The van der Waals surface area contributed by atoms with Crippen molar-refractivity contribution in [3.63, 3.8) is 0 Å². The Morgan fingerprint density at radius 3 is 2.57 bits per heavy atom. The van der Waals surface area contributed by atoms with E-state index in [-0.39, 0.29) is 0 Å². The van der Waals surface area contributed by atoms with Crippen LogP contribution in [0.15, 0.2) is 21.1 Å². The molecular formula is C13H16Br2N4OS. The summed E-state index contributed by atoms with van der Waals surface area (Å²) in [7, 11) is 0. The van der Waals surface area contributed by atoms with Crippen molar-refractivity contribution in [1.82, 2.24) is 14.9 Å². The normalized spacial score (nSPS) is 10.7. The molecule has 2 rings (SSSR count). The Labute approximate surface area is 145 Å². The molecule has 0 aliphatic carbocycles. The molecule has 0 aliphatic rings. The molecular weight excluding hydrogens is 420 g/mol. The number of halogens is 2. The van der Waals surface area contributed by atoms with Gasteiger partial charge in [-0.1, -0.05) is 6.92 Å². The van der Waals surface area contributed by atoms with E-state index in [0.717, 1.165) is 32.5 Å². The molecule has 0 atom stereocenters. The van der Waals surface area contributed by atoms with Gasteiger partial charge in [0.25, 0.3) is 0 Å². The average Bonchev–Trinajstić information content (AvgIpc) is 2.81. The van der Waals surface area contributed by atoms with Crippen LogP contribution in [-0.4, -0.2) is 21.5 Å². The predicted octanol–water partition coefficient (Wildman–Crippen LogP) is 4.17. The van der Waals surface area contributed by atoms with Crippen LogP contribution in [0.2, 0.25) is 0 Å². The van der Waals surface area contributed by atoms with Crippen molar-refractivity contribution in [1.29, 1.82) is 0 Å². The molecule has 0 bridgehead atoms. The van der Waals surface area contributed by atoms with Crippen LogP contribution in [0.25, 0.3) is 0 Å². The van der Waals surface area contributed by atoms with Crippen LogP contribution in [0, 0.1) is 4.77 Å². The highest BCUT2D eigenvalue weighted by molar-refractivity contribution is 9.11. The number of ether oxygens (including phenoxy) is 1. The van der Waals surface area contributed by atoms with Gasteiger partial charge < -0.3 is 10.2 Å². The van der Waals surface area contributed by atoms with Crippen molar-refractivity contribution in [3.05, 3.63) is 37.2 Å². The van der Waals surface area contributed by atoms with Crippen molar-refractivity contribution in [2.45, 2.75) is 26.8 Å². The second-order valence-corrected chi connectivity index (χ2v) is 6.39. The van der Waals surface area contributed by atoms with E-state index in [9.17, 15) is 0 Å². The van der Waals surface area contributed by atoms with Crippen molar-refractivity contribution in [3.8, 4) is 5.75 Å². The molecule has 2 aromatic rings. The number of benzene rings is 1. The molecule has 5 nitrogen and oxygen atoms in total. The van der Waals surface area contributed by atoms with Gasteiger partial charge in [0.05, 0.1) is 22.1 Å². The third-order valence-electron chi connectivity index (χ3n) is 2.85. The maximum absolute atomic E-state index is 5.58. The summed E-state index contributed by atoms with van der Waals surface area (Å²) in [4.78, 5) is 0. The Morgan fingerprint density at radius 2 is 2.00 bits per heavy atom. The van der Waals surface area contributed by atoms with Gasteiger partial charge in [-0.05, 0) is 68.7 Å². The third-order valence-corrected chi connectivity index (χ3v) is 4.30. The summed E-state index contributed by atoms with van der Waals surface area (Å²) in [5.41, 5.74) is 4.37. The Morgan fingerprint density at radius 1 is 1.33 bits per heavy atom. The van der Waals surface area contributed by atoms with Crippen LogP contribution in [0.1, 0.15) is 25.2 Å². The number of aryl methyl sites for hydroxylation is 1. The summed E-state index contributed by atoms with van der Waals surface area (Å²) in [5.74, 6) is 1.69. The molecule has 0 saturated heterocycles. The highest BCUT2D eigenvalue weighted by atomic mass is 79.9. The van der Waals surface area contributed by atoms with Gasteiger partial charge in [0.2, 0.25) is 4.77 Å². The molecule has 0 radical (unpaired) electrons. The van der Waals surface area contributed by atoms with Gasteiger partial charge >= 0.3 is 0 Å². The van der Waals surface area contributed by atoms with E-state index in [1.54, 1.807) is 4.68 Å². The zero-order valence-electron chi connectivity index (χ0n) is 11.7. The number of aromatic nitrogens is 3. The second kappa shape index (κ2) is 7.42. The lowest BCUT2D eigenvalue weighted by Gasteiger charge is -2.13. The van der Waals surface area contributed by atoms with Crippen molar-refractivity contribution in [2.75, 3.05) is 12.0 Å². The molecule has 1 aromatic carbocycles. The first-order valence-corrected chi connectivity index (χ1v) is 8.57. The lowest BCUT2D eigenvalue weighted by atomic mass is 10.2. The fourth-order valence-electron chi connectivity index (χ4n) is 1.90. The molecule has 0 unspecified atom stereocenters. The molecule has 0 amide bonds. The van der Waals surface area contributed by atoms with E-state index < -0.39 is 0 Å². The molecule has 1 heterocycles. The van der Waals surface area contributed by atoms with Crippen molar-refractivity contribution < 1.29 is 4.74 Å². The number of nitrogens with zero attached hydrogens (tertiary/aromatic N) is 2. The molecule has 2 N–H and O–H groups in total. The van der Waals surface area contributed by atoms with E-state index in [4.69, 9.17) is 17.0 Å². The van der Waals surface area contributed by atoms with Gasteiger partial charge in [0, 0.05) is 6.42 Å². The first-order chi connectivity index (χ1) is 10.1. The number of H-pyrrole nitrogens is 1. The zero-order valence-corrected chi connectivity index (χ0v) is 15.7. The SMILES string of the molecule is CCOc1c(Br)cc(CNn2c(CC)n[nH]c2=S)cc1Br. The quantitative estimate of drug-likeness (QED) is 0.668. The molecule has 21 heavy (non-hydrogen) atoms.